The van der Waals surface area contributed by atoms with Gasteiger partial charge in [0.25, 0.3) is 0 Å². The number of amides is 1. The van der Waals surface area contributed by atoms with Gasteiger partial charge in [0.1, 0.15) is 17.9 Å². The molecule has 0 saturated heterocycles. The SMILES string of the molecule is CCCCc1oc2ccccc2c1CN(C)C(=O)Cn1c(-c2ccc(C)cc2)n[nH]c1=S. The van der Waals surface area contributed by atoms with Gasteiger partial charge >= 0.3 is 0 Å². The molecule has 7 heteroatoms. The third kappa shape index (κ3) is 4.53. The van der Waals surface area contributed by atoms with Gasteiger partial charge in [0.05, 0.1) is 0 Å². The van der Waals surface area contributed by atoms with Gasteiger partial charge in [-0.15, -0.1) is 0 Å². The standard InChI is InChI=1S/C25H28N4O2S/c1-4-5-9-22-20(19-8-6-7-10-21(19)31-22)15-28(3)23(30)16-29-24(26-27-25(29)32)18-13-11-17(2)12-14-18/h6-8,10-14H,4-5,9,15-16H2,1-3H3,(H,27,32). The highest BCUT2D eigenvalue weighted by molar-refractivity contribution is 7.71. The van der Waals surface area contributed by atoms with Crippen molar-refractivity contribution in [1.82, 2.24) is 19.7 Å². The van der Waals surface area contributed by atoms with E-state index >= 15 is 0 Å². The van der Waals surface area contributed by atoms with Crippen molar-refractivity contribution in [3.63, 3.8) is 0 Å². The number of hydrogen-bond acceptors (Lipinski definition) is 4. The first-order chi connectivity index (χ1) is 15.5. The lowest BCUT2D eigenvalue weighted by Gasteiger charge is -2.18. The normalized spacial score (nSPS) is 11.2. The number of unbranched alkanes of at least 4 members (excludes halogenated alkanes) is 1. The highest BCUT2D eigenvalue weighted by Gasteiger charge is 2.20. The number of para-hydroxylation sites is 1. The van der Waals surface area contributed by atoms with Crippen molar-refractivity contribution in [2.75, 3.05) is 7.05 Å². The Balaban J connectivity index is 1.57. The van der Waals surface area contributed by atoms with Crippen LogP contribution in [0.4, 0.5) is 0 Å². The molecule has 0 radical (unpaired) electrons. The highest BCUT2D eigenvalue weighted by atomic mass is 32.1. The number of carbonyl (C=O) groups excluding carboxylic acids is 1. The quantitative estimate of drug-likeness (QED) is 0.353. The van der Waals surface area contributed by atoms with Crippen molar-refractivity contribution in [2.45, 2.75) is 46.2 Å². The van der Waals surface area contributed by atoms with Gasteiger partial charge in [0.2, 0.25) is 5.91 Å². The smallest absolute Gasteiger partial charge is 0.242 e. The van der Waals surface area contributed by atoms with Crippen molar-refractivity contribution in [3.05, 3.63) is 70.2 Å². The largest absolute Gasteiger partial charge is 0.461 e. The summed E-state index contributed by atoms with van der Waals surface area (Å²) in [5.41, 5.74) is 4.03. The first-order valence-corrected chi connectivity index (χ1v) is 11.3. The monoisotopic (exact) mass is 448 g/mol. The Morgan fingerprint density at radius 1 is 1.19 bits per heavy atom. The van der Waals surface area contributed by atoms with Gasteiger partial charge < -0.3 is 9.32 Å². The number of likely N-dealkylation sites (N-methyl/N-ethyl adjacent to an activating group) is 1. The summed E-state index contributed by atoms with van der Waals surface area (Å²) >= 11 is 5.41. The molecule has 0 bridgehead atoms. The summed E-state index contributed by atoms with van der Waals surface area (Å²) < 4.78 is 8.30. The number of aryl methyl sites for hydroxylation is 2. The molecule has 0 saturated carbocycles. The molecule has 4 aromatic rings. The second-order valence-corrected chi connectivity index (χ2v) is 8.54. The van der Waals surface area contributed by atoms with Crippen LogP contribution >= 0.6 is 12.2 Å². The van der Waals surface area contributed by atoms with Crippen LogP contribution in [-0.2, 0) is 24.3 Å². The maximum absolute atomic E-state index is 13.2. The van der Waals surface area contributed by atoms with Crippen molar-refractivity contribution < 1.29 is 9.21 Å². The predicted molar refractivity (Wildman–Crippen MR) is 129 cm³/mol. The summed E-state index contributed by atoms with van der Waals surface area (Å²) in [5, 5.41) is 8.25. The van der Waals surface area contributed by atoms with E-state index in [4.69, 9.17) is 16.6 Å². The zero-order chi connectivity index (χ0) is 22.7. The molecule has 0 aliphatic rings. The zero-order valence-corrected chi connectivity index (χ0v) is 19.5. The van der Waals surface area contributed by atoms with Gasteiger partial charge in [0.15, 0.2) is 10.6 Å². The minimum atomic E-state index is -0.0393. The summed E-state index contributed by atoms with van der Waals surface area (Å²) in [5.74, 6) is 1.59. The molecule has 0 spiro atoms. The summed E-state index contributed by atoms with van der Waals surface area (Å²) in [7, 11) is 1.82. The molecule has 32 heavy (non-hydrogen) atoms. The summed E-state index contributed by atoms with van der Waals surface area (Å²) in [4.78, 5) is 14.9. The average molecular weight is 449 g/mol. The van der Waals surface area contributed by atoms with Crippen LogP contribution in [0.1, 0.15) is 36.7 Å². The number of aromatic amines is 1. The number of carbonyl (C=O) groups is 1. The summed E-state index contributed by atoms with van der Waals surface area (Å²) in [6, 6.07) is 16.0. The fourth-order valence-electron chi connectivity index (χ4n) is 3.83. The molecule has 0 unspecified atom stereocenters. The molecule has 0 fully saturated rings. The third-order valence-electron chi connectivity index (χ3n) is 5.72. The van der Waals surface area contributed by atoms with E-state index < -0.39 is 0 Å². The molecule has 2 aromatic carbocycles. The fraction of sp³-hybridized carbons (Fsp3) is 0.320. The Morgan fingerprint density at radius 2 is 1.94 bits per heavy atom. The van der Waals surface area contributed by atoms with Gasteiger partial charge in [-0.25, -0.2) is 0 Å². The number of benzene rings is 2. The molecule has 1 amide bonds. The number of nitrogens with one attached hydrogen (secondary N) is 1. The molecule has 2 heterocycles. The van der Waals surface area contributed by atoms with Crippen LogP contribution in [-0.4, -0.2) is 32.6 Å². The highest BCUT2D eigenvalue weighted by Crippen LogP contribution is 2.28. The van der Waals surface area contributed by atoms with E-state index in [2.05, 4.69) is 23.2 Å². The third-order valence-corrected chi connectivity index (χ3v) is 6.03. The number of furan rings is 1. The van der Waals surface area contributed by atoms with Gasteiger partial charge in [-0.2, -0.15) is 5.10 Å². The number of rotatable bonds is 8. The van der Waals surface area contributed by atoms with Gasteiger partial charge in [0, 0.05) is 36.5 Å². The summed E-state index contributed by atoms with van der Waals surface area (Å²) in [6.45, 7) is 4.81. The Hall–Kier alpha value is -3.19. The van der Waals surface area contributed by atoms with Gasteiger partial charge in [-0.05, 0) is 31.6 Å². The van der Waals surface area contributed by atoms with Crippen molar-refractivity contribution >= 4 is 29.1 Å². The molecule has 1 N–H and O–H groups in total. The minimum absolute atomic E-state index is 0.0393. The zero-order valence-electron chi connectivity index (χ0n) is 18.7. The van der Waals surface area contributed by atoms with Gasteiger partial charge in [-0.3, -0.25) is 14.5 Å². The first kappa shape index (κ1) is 22.0. The first-order valence-electron chi connectivity index (χ1n) is 10.9. The predicted octanol–water partition coefficient (Wildman–Crippen LogP) is 5.66. The van der Waals surface area contributed by atoms with E-state index in [1.165, 1.54) is 0 Å². The fourth-order valence-corrected chi connectivity index (χ4v) is 4.03. The number of nitrogens with zero attached hydrogens (tertiary/aromatic N) is 3. The lowest BCUT2D eigenvalue weighted by atomic mass is 10.1. The Bertz CT molecular complexity index is 1280. The molecule has 4 rings (SSSR count). The van der Waals surface area contributed by atoms with Gasteiger partial charge in [-0.1, -0.05) is 61.4 Å². The maximum atomic E-state index is 13.2. The van der Waals surface area contributed by atoms with Crippen molar-refractivity contribution in [3.8, 4) is 11.4 Å². The lowest BCUT2D eigenvalue weighted by Crippen LogP contribution is -2.30. The van der Waals surface area contributed by atoms with Crippen LogP contribution in [0.5, 0.6) is 0 Å². The van der Waals surface area contributed by atoms with E-state index in [0.29, 0.717) is 17.1 Å². The van der Waals surface area contributed by atoms with Crippen LogP contribution in [0.2, 0.25) is 0 Å². The second-order valence-electron chi connectivity index (χ2n) is 8.16. The van der Waals surface area contributed by atoms with Crippen LogP contribution < -0.4 is 0 Å². The Kier molecular flexibility index (Phi) is 6.55. The lowest BCUT2D eigenvalue weighted by molar-refractivity contribution is -0.131. The van der Waals surface area contributed by atoms with Crippen molar-refractivity contribution in [2.24, 2.45) is 0 Å². The average Bonchev–Trinajstić information content (AvgIpc) is 3.33. The van der Waals surface area contributed by atoms with E-state index in [-0.39, 0.29) is 12.5 Å². The van der Waals surface area contributed by atoms with E-state index in [1.54, 1.807) is 9.47 Å². The van der Waals surface area contributed by atoms with Crippen LogP contribution in [0.3, 0.4) is 0 Å². The maximum Gasteiger partial charge on any atom is 0.242 e. The molecule has 0 atom stereocenters. The molecular formula is C25H28N4O2S. The number of fused-ring (bicyclic) bond motifs is 1. The Labute approximate surface area is 192 Å². The summed E-state index contributed by atoms with van der Waals surface area (Å²) in [6.07, 6.45) is 3.01. The number of hydrogen-bond donors (Lipinski definition) is 1. The molecule has 2 aromatic heterocycles. The van der Waals surface area contributed by atoms with Crippen LogP contribution in [0.25, 0.3) is 22.4 Å². The van der Waals surface area contributed by atoms with E-state index in [1.807, 2.05) is 56.4 Å². The number of aromatic nitrogens is 3. The van der Waals surface area contributed by atoms with E-state index in [9.17, 15) is 4.79 Å². The molecule has 6 nitrogen and oxygen atoms in total. The minimum Gasteiger partial charge on any atom is -0.461 e. The molecule has 0 aliphatic heterocycles. The molecular weight excluding hydrogens is 420 g/mol. The Morgan fingerprint density at radius 3 is 2.69 bits per heavy atom. The number of H-pyrrole nitrogens is 1. The van der Waals surface area contributed by atoms with Crippen LogP contribution in [0.15, 0.2) is 52.9 Å². The van der Waals surface area contributed by atoms with E-state index in [0.717, 1.165) is 52.7 Å². The second kappa shape index (κ2) is 9.53. The molecule has 166 valence electrons. The van der Waals surface area contributed by atoms with Crippen molar-refractivity contribution in [1.29, 1.82) is 0 Å². The van der Waals surface area contributed by atoms with Crippen LogP contribution in [0, 0.1) is 11.7 Å². The molecule has 0 aliphatic carbocycles. The topological polar surface area (TPSA) is 67.1 Å².